The smallest absolute Gasteiger partial charge is 0.0502 e. The van der Waals surface area contributed by atoms with Gasteiger partial charge in [0.15, 0.2) is 0 Å². The van der Waals surface area contributed by atoms with Gasteiger partial charge in [0, 0.05) is 12.0 Å². The molecule has 2 rings (SSSR count). The second-order valence-corrected chi connectivity index (χ2v) is 5.14. The van der Waals surface area contributed by atoms with Gasteiger partial charge >= 0.3 is 0 Å². The van der Waals surface area contributed by atoms with Crippen LogP contribution in [0.5, 0.6) is 0 Å². The Kier molecular flexibility index (Phi) is 3.45. The first kappa shape index (κ1) is 10.4. The fourth-order valence-corrected chi connectivity index (χ4v) is 3.32. The monoisotopic (exact) mass is 197 g/mol. The summed E-state index contributed by atoms with van der Waals surface area (Å²) in [5.41, 5.74) is 0.235. The third-order valence-corrected chi connectivity index (χ3v) is 4.29. The van der Waals surface area contributed by atoms with Crippen molar-refractivity contribution >= 4 is 0 Å². The van der Waals surface area contributed by atoms with E-state index in [-0.39, 0.29) is 5.41 Å². The van der Waals surface area contributed by atoms with Gasteiger partial charge < -0.3 is 10.4 Å². The summed E-state index contributed by atoms with van der Waals surface area (Å²) in [5.74, 6) is 0.786. The van der Waals surface area contributed by atoms with Crippen LogP contribution in [0.2, 0.25) is 0 Å². The summed E-state index contributed by atoms with van der Waals surface area (Å²) in [6, 6.07) is 0. The molecule has 0 radical (unpaired) electrons. The van der Waals surface area contributed by atoms with Crippen LogP contribution in [0.25, 0.3) is 0 Å². The molecule has 2 N–H and O–H groups in total. The van der Waals surface area contributed by atoms with Crippen molar-refractivity contribution in [3.8, 4) is 0 Å². The van der Waals surface area contributed by atoms with Crippen molar-refractivity contribution < 1.29 is 5.11 Å². The van der Waals surface area contributed by atoms with Crippen LogP contribution in [-0.4, -0.2) is 24.8 Å². The van der Waals surface area contributed by atoms with Crippen LogP contribution in [0.4, 0.5) is 0 Å². The van der Waals surface area contributed by atoms with Gasteiger partial charge in [0.2, 0.25) is 0 Å². The molecule has 1 heterocycles. The lowest BCUT2D eigenvalue weighted by atomic mass is 9.65. The van der Waals surface area contributed by atoms with Crippen LogP contribution in [0, 0.1) is 11.3 Å². The predicted molar refractivity (Wildman–Crippen MR) is 58.2 cm³/mol. The summed E-state index contributed by atoms with van der Waals surface area (Å²) in [6.45, 7) is 2.59. The van der Waals surface area contributed by atoms with Gasteiger partial charge in [0.1, 0.15) is 0 Å². The Hall–Kier alpha value is -0.0800. The van der Waals surface area contributed by atoms with Crippen molar-refractivity contribution in [3.63, 3.8) is 0 Å². The molecule has 0 aromatic heterocycles. The van der Waals surface area contributed by atoms with E-state index in [0.717, 1.165) is 19.0 Å². The zero-order valence-electron chi connectivity index (χ0n) is 9.10. The molecule has 0 aromatic rings. The minimum atomic E-state index is 0.235. The van der Waals surface area contributed by atoms with Gasteiger partial charge in [0.25, 0.3) is 0 Å². The minimum Gasteiger partial charge on any atom is -0.396 e. The van der Waals surface area contributed by atoms with E-state index in [9.17, 15) is 5.11 Å². The number of hydrogen-bond acceptors (Lipinski definition) is 2. The maximum absolute atomic E-state index is 9.65. The lowest BCUT2D eigenvalue weighted by Crippen LogP contribution is -2.48. The van der Waals surface area contributed by atoms with Crippen LogP contribution >= 0.6 is 0 Å². The number of piperidine rings is 1. The van der Waals surface area contributed by atoms with Gasteiger partial charge in [-0.25, -0.2) is 0 Å². The highest BCUT2D eigenvalue weighted by Gasteiger charge is 2.39. The Bertz CT molecular complexity index is 169. The molecule has 1 atom stereocenters. The molecule has 1 aliphatic carbocycles. The maximum atomic E-state index is 9.65. The SMILES string of the molecule is OCC1(C2CCCCC2)CCCNC1. The minimum absolute atomic E-state index is 0.235. The van der Waals surface area contributed by atoms with Gasteiger partial charge in [-0.05, 0) is 38.1 Å². The first-order valence-electron chi connectivity index (χ1n) is 6.19. The molecular weight excluding hydrogens is 174 g/mol. The van der Waals surface area contributed by atoms with Crippen LogP contribution in [0.15, 0.2) is 0 Å². The molecule has 2 fully saturated rings. The van der Waals surface area contributed by atoms with E-state index in [0.29, 0.717) is 6.61 Å². The second-order valence-electron chi connectivity index (χ2n) is 5.14. The zero-order chi connectivity index (χ0) is 9.86. The highest BCUT2D eigenvalue weighted by atomic mass is 16.3. The fourth-order valence-electron chi connectivity index (χ4n) is 3.32. The molecule has 1 saturated heterocycles. The Balaban J connectivity index is 2.01. The highest BCUT2D eigenvalue weighted by Crippen LogP contribution is 2.42. The molecule has 1 aliphatic heterocycles. The number of rotatable bonds is 2. The van der Waals surface area contributed by atoms with Crippen molar-refractivity contribution in [3.05, 3.63) is 0 Å². The summed E-state index contributed by atoms with van der Waals surface area (Å²) >= 11 is 0. The largest absolute Gasteiger partial charge is 0.396 e. The van der Waals surface area contributed by atoms with E-state index in [4.69, 9.17) is 0 Å². The summed E-state index contributed by atoms with van der Waals surface area (Å²) in [7, 11) is 0. The number of aliphatic hydroxyl groups is 1. The molecule has 2 heteroatoms. The first-order chi connectivity index (χ1) is 6.87. The van der Waals surface area contributed by atoms with Gasteiger partial charge in [-0.15, -0.1) is 0 Å². The van der Waals surface area contributed by atoms with Gasteiger partial charge in [0.05, 0.1) is 6.61 Å². The molecule has 0 bridgehead atoms. The van der Waals surface area contributed by atoms with Crippen molar-refractivity contribution in [2.75, 3.05) is 19.7 Å². The molecule has 1 unspecified atom stereocenters. The Morgan fingerprint density at radius 1 is 1.14 bits per heavy atom. The summed E-state index contributed by atoms with van der Waals surface area (Å²) < 4.78 is 0. The molecule has 0 amide bonds. The number of nitrogens with one attached hydrogen (secondary N) is 1. The number of aliphatic hydroxyl groups excluding tert-OH is 1. The fraction of sp³-hybridized carbons (Fsp3) is 1.00. The van der Waals surface area contributed by atoms with Crippen molar-refractivity contribution in [2.45, 2.75) is 44.9 Å². The molecule has 2 nitrogen and oxygen atoms in total. The molecular formula is C12H23NO. The van der Waals surface area contributed by atoms with Gasteiger partial charge in [-0.2, -0.15) is 0 Å². The first-order valence-corrected chi connectivity index (χ1v) is 6.19. The third kappa shape index (κ3) is 1.96. The average molecular weight is 197 g/mol. The second kappa shape index (κ2) is 4.63. The summed E-state index contributed by atoms with van der Waals surface area (Å²) in [5, 5.41) is 13.1. The molecule has 0 aromatic carbocycles. The Labute approximate surface area is 87.1 Å². The topological polar surface area (TPSA) is 32.3 Å². The van der Waals surface area contributed by atoms with Crippen molar-refractivity contribution in [1.29, 1.82) is 0 Å². The van der Waals surface area contributed by atoms with Crippen LogP contribution in [0.3, 0.4) is 0 Å². The van der Waals surface area contributed by atoms with Crippen molar-refractivity contribution in [2.24, 2.45) is 11.3 Å². The zero-order valence-corrected chi connectivity index (χ0v) is 9.10. The van der Waals surface area contributed by atoms with Crippen molar-refractivity contribution in [1.82, 2.24) is 5.32 Å². The Morgan fingerprint density at radius 2 is 1.93 bits per heavy atom. The van der Waals surface area contributed by atoms with E-state index in [1.807, 2.05) is 0 Å². The number of hydrogen-bond donors (Lipinski definition) is 2. The van der Waals surface area contributed by atoms with Crippen LogP contribution < -0.4 is 5.32 Å². The van der Waals surface area contributed by atoms with E-state index in [1.54, 1.807) is 0 Å². The molecule has 1 saturated carbocycles. The molecule has 14 heavy (non-hydrogen) atoms. The predicted octanol–water partition coefficient (Wildman–Crippen LogP) is 1.93. The van der Waals surface area contributed by atoms with E-state index in [2.05, 4.69) is 5.32 Å². The third-order valence-electron chi connectivity index (χ3n) is 4.29. The summed E-state index contributed by atoms with van der Waals surface area (Å²) in [4.78, 5) is 0. The van der Waals surface area contributed by atoms with Crippen LogP contribution in [0.1, 0.15) is 44.9 Å². The van der Waals surface area contributed by atoms with E-state index >= 15 is 0 Å². The van der Waals surface area contributed by atoms with E-state index < -0.39 is 0 Å². The molecule has 82 valence electrons. The quantitative estimate of drug-likeness (QED) is 0.709. The van der Waals surface area contributed by atoms with Gasteiger partial charge in [-0.1, -0.05) is 19.3 Å². The average Bonchev–Trinajstić information content (AvgIpc) is 2.31. The molecule has 2 aliphatic rings. The van der Waals surface area contributed by atoms with Gasteiger partial charge in [-0.3, -0.25) is 0 Å². The highest BCUT2D eigenvalue weighted by molar-refractivity contribution is 4.91. The lowest BCUT2D eigenvalue weighted by molar-refractivity contribution is 0.0179. The maximum Gasteiger partial charge on any atom is 0.0502 e. The van der Waals surface area contributed by atoms with Crippen LogP contribution in [-0.2, 0) is 0 Å². The normalized spacial score (nSPS) is 35.8. The lowest BCUT2D eigenvalue weighted by Gasteiger charge is -2.44. The van der Waals surface area contributed by atoms with E-state index in [1.165, 1.54) is 44.9 Å². The standard InChI is InChI=1S/C12H23NO/c14-10-12(7-4-8-13-9-12)11-5-2-1-3-6-11/h11,13-14H,1-10H2. The molecule has 0 spiro atoms. The summed E-state index contributed by atoms with van der Waals surface area (Å²) in [6.07, 6.45) is 9.35. The Morgan fingerprint density at radius 3 is 2.50 bits per heavy atom.